The maximum absolute atomic E-state index is 12.2. The molecule has 2 saturated heterocycles. The molecular weight excluding hydrogens is 1580 g/mol. The molecule has 2 aliphatic heterocycles. The van der Waals surface area contributed by atoms with E-state index in [-0.39, 0.29) is 45.3 Å². The molecule has 4 aromatic carbocycles. The number of rotatable bonds is 16. The van der Waals surface area contributed by atoms with Crippen molar-refractivity contribution in [1.29, 1.82) is 0 Å². The first-order valence-electron chi connectivity index (χ1n) is 44.1. The van der Waals surface area contributed by atoms with Crippen LogP contribution in [-0.2, 0) is 87.7 Å². The fourth-order valence-corrected chi connectivity index (χ4v) is 199. The van der Waals surface area contributed by atoms with E-state index in [4.69, 9.17) is 0 Å². The van der Waals surface area contributed by atoms with Gasteiger partial charge in [-0.05, 0) is 0 Å². The van der Waals surface area contributed by atoms with Crippen LogP contribution in [0.4, 0.5) is 0 Å². The van der Waals surface area contributed by atoms with Crippen molar-refractivity contribution >= 4 is 34.7 Å². The SMILES string of the molecule is CCC1=CC2=C(C=CC=CC2c2cc(CC)c(C(C)(C)C)c(CC)c2)[C]12[SiH](C)[C]1(C(CC)=CC3=C1C=CC=CC3c1cc(CC)c(C(C)(C)C)c(CC)c1)[Hf]21([Cl])([Cl])[C]2(C(CC)=CC3=C2C=CC=CC3c2cc(CC)c(C(C)(C)C)c(CC)c2)[SiH](C)[C]12C(CC)=CC1=C2C=CC=CC1c1cc(CC)c(C(C)(C)C)c(CC)c1. The molecule has 5 heteroatoms. The molecule has 10 aliphatic rings. The van der Waals surface area contributed by atoms with Gasteiger partial charge in [0, 0.05) is 0 Å². The van der Waals surface area contributed by atoms with Gasteiger partial charge in [0.05, 0.1) is 0 Å². The number of hydrogen-bond donors (Lipinski definition) is 0. The van der Waals surface area contributed by atoms with Gasteiger partial charge in [-0.15, -0.1) is 0 Å². The molecule has 0 N–H and O–H groups in total. The van der Waals surface area contributed by atoms with Crippen LogP contribution in [0.15, 0.2) is 237 Å². The van der Waals surface area contributed by atoms with Crippen LogP contribution in [0.5, 0.6) is 0 Å². The van der Waals surface area contributed by atoms with Crippen LogP contribution in [0.2, 0.25) is 24.3 Å². The minimum atomic E-state index is -8.16. The zero-order chi connectivity index (χ0) is 80.3. The van der Waals surface area contributed by atoms with Crippen LogP contribution >= 0.6 is 17.2 Å². The first-order chi connectivity index (χ1) is 52.5. The van der Waals surface area contributed by atoms with Crippen molar-refractivity contribution in [1.82, 2.24) is 0 Å². The van der Waals surface area contributed by atoms with Gasteiger partial charge in [-0.3, -0.25) is 0 Å². The molecule has 0 saturated carbocycles. The Labute approximate surface area is 682 Å². The third-order valence-electron chi connectivity index (χ3n) is 30.8. The van der Waals surface area contributed by atoms with Gasteiger partial charge in [0.15, 0.2) is 0 Å². The molecular formula is C106H136Cl2HfSi2. The van der Waals surface area contributed by atoms with Crippen molar-refractivity contribution in [2.24, 2.45) is 0 Å². The van der Waals surface area contributed by atoms with Crippen molar-refractivity contribution in [2.45, 2.75) is 313 Å². The van der Waals surface area contributed by atoms with Crippen molar-refractivity contribution in [3.8, 4) is 0 Å². The predicted octanol–water partition coefficient (Wildman–Crippen LogP) is 30.0. The van der Waals surface area contributed by atoms with Crippen molar-refractivity contribution < 1.29 is 14.7 Å². The van der Waals surface area contributed by atoms with Gasteiger partial charge < -0.3 is 0 Å². The number of allylic oxidation sites excluding steroid dienone is 32. The molecule has 0 bridgehead atoms. The molecule has 0 nitrogen and oxygen atoms in total. The standard InChI is InChI=1S/2C53H68Si.2ClH.Hf/c2*1-14-34-28-40(29-35(15-2)48(34)52(7,8)9)42-24-20-22-26-44-46(42)32-38(18-5)50(44)54(13)51-39(19-6)33-47-43(25-21-23-27-45(47)51)41-30-36(16-3)49(53(10,11)12)37(17-4)31-41;;;/h2*20-33,42-43,54H,14-19H2,1-13H3;2*1H;/q;;;;+2/p-2. The molecule has 586 valence electrons. The van der Waals surface area contributed by atoms with E-state index in [1.165, 1.54) is 156 Å². The van der Waals surface area contributed by atoms with E-state index in [0.29, 0.717) is 0 Å². The number of benzene rings is 4. The van der Waals surface area contributed by atoms with E-state index < -0.39 is 43.4 Å². The first kappa shape index (κ1) is 82.1. The average Bonchev–Trinajstić information content (AvgIpc) is 1.50. The van der Waals surface area contributed by atoms with Gasteiger partial charge in [0.1, 0.15) is 0 Å². The molecule has 8 unspecified atom stereocenters. The van der Waals surface area contributed by atoms with Crippen LogP contribution in [0, 0.1) is 0 Å². The van der Waals surface area contributed by atoms with Gasteiger partial charge in [-0.2, -0.15) is 0 Å². The Balaban J connectivity index is 1.24. The summed E-state index contributed by atoms with van der Waals surface area (Å²) in [6.45, 7) is 64.3. The van der Waals surface area contributed by atoms with E-state index >= 15 is 0 Å². The van der Waals surface area contributed by atoms with Crippen LogP contribution in [-0.4, -0.2) is 17.6 Å². The molecule has 8 aliphatic carbocycles. The first-order valence-corrected chi connectivity index (χ1v) is 64.8. The summed E-state index contributed by atoms with van der Waals surface area (Å²) in [6, 6.07) is 21.2. The van der Waals surface area contributed by atoms with Gasteiger partial charge in [-0.1, -0.05) is 0 Å². The Morgan fingerprint density at radius 1 is 0.279 bits per heavy atom. The van der Waals surface area contributed by atoms with E-state index in [9.17, 15) is 17.2 Å². The number of aryl methyl sites for hydroxylation is 8. The Morgan fingerprint density at radius 2 is 0.450 bits per heavy atom. The molecule has 0 radical (unpaired) electrons. The summed E-state index contributed by atoms with van der Waals surface area (Å²) >= 11 is -8.16. The molecule has 111 heavy (non-hydrogen) atoms. The number of halogens is 2. The zero-order valence-electron chi connectivity index (χ0n) is 73.4. The quantitative estimate of drug-likeness (QED) is 0.0981. The summed E-state index contributed by atoms with van der Waals surface area (Å²) in [7, 11) is 19.0. The molecule has 2 heterocycles. The summed E-state index contributed by atoms with van der Waals surface area (Å²) in [5.41, 5.74) is 41.2. The normalized spacial score (nSPS) is 29.1. The van der Waals surface area contributed by atoms with Crippen LogP contribution in [0.3, 0.4) is 0 Å². The summed E-state index contributed by atoms with van der Waals surface area (Å²) in [6.07, 6.45) is 63.5. The Hall–Kier alpha value is -5.40. The van der Waals surface area contributed by atoms with E-state index in [0.717, 1.165) is 77.0 Å². The fourth-order valence-electron chi connectivity index (χ4n) is 28.5. The molecule has 5 spiro atoms. The summed E-state index contributed by atoms with van der Waals surface area (Å²) in [4.78, 5) is 0. The minimum absolute atomic E-state index is 0.00886. The van der Waals surface area contributed by atoms with Crippen molar-refractivity contribution in [3.05, 3.63) is 326 Å². The zero-order valence-corrected chi connectivity index (χ0v) is 80.8. The Bertz CT molecular complexity index is 4410. The van der Waals surface area contributed by atoms with E-state index in [2.05, 4.69) is 349 Å². The second-order valence-electron chi connectivity index (χ2n) is 39.4. The molecule has 14 rings (SSSR count). The Morgan fingerprint density at radius 3 is 0.595 bits per heavy atom. The summed E-state index contributed by atoms with van der Waals surface area (Å²) in [5.74, 6) is -0.124. The van der Waals surface area contributed by atoms with E-state index in [1.54, 1.807) is 0 Å². The topological polar surface area (TPSA) is 0 Å². The molecule has 0 amide bonds. The molecule has 4 aromatic rings. The van der Waals surface area contributed by atoms with Gasteiger partial charge in [0.2, 0.25) is 0 Å². The summed E-state index contributed by atoms with van der Waals surface area (Å²) < 4.78 is -2.86. The molecule has 2 fully saturated rings. The third kappa shape index (κ3) is 10.1. The van der Waals surface area contributed by atoms with Crippen LogP contribution in [0.25, 0.3) is 0 Å². The van der Waals surface area contributed by atoms with Crippen LogP contribution < -0.4 is 0 Å². The maximum atomic E-state index is 12.2. The third-order valence-corrected chi connectivity index (χ3v) is 147. The van der Waals surface area contributed by atoms with E-state index in [1.807, 2.05) is 0 Å². The predicted molar refractivity (Wildman–Crippen MR) is 490 cm³/mol. The second kappa shape index (κ2) is 28.2. The number of fused-ring (bicyclic) bond motifs is 8. The summed E-state index contributed by atoms with van der Waals surface area (Å²) in [5, 5.41) is 0. The second-order valence-corrected chi connectivity index (χ2v) is 93.8. The van der Waals surface area contributed by atoms with Crippen molar-refractivity contribution in [2.75, 3.05) is 0 Å². The number of hydrogen-bond acceptors (Lipinski definition) is 0. The van der Waals surface area contributed by atoms with Gasteiger partial charge in [-0.25, -0.2) is 0 Å². The monoisotopic (exact) mass is 1710 g/mol. The van der Waals surface area contributed by atoms with Crippen LogP contribution in [0.1, 0.15) is 305 Å². The molecule has 0 aromatic heterocycles. The Kier molecular flexibility index (Phi) is 20.9. The van der Waals surface area contributed by atoms with Crippen molar-refractivity contribution in [3.63, 3.8) is 0 Å². The van der Waals surface area contributed by atoms with Gasteiger partial charge >= 0.3 is 688 Å². The van der Waals surface area contributed by atoms with Gasteiger partial charge in [0.25, 0.3) is 0 Å². The fraction of sp³-hybridized carbons (Fsp3) is 0.472. The molecule has 8 atom stereocenters. The average molecular weight is 1720 g/mol.